The third kappa shape index (κ3) is 3.91. The summed E-state index contributed by atoms with van der Waals surface area (Å²) < 4.78 is 89.3. The van der Waals surface area contributed by atoms with Gasteiger partial charge >= 0.3 is 18.3 Å². The lowest BCUT2D eigenvalue weighted by molar-refractivity contribution is -0.282. The van der Waals surface area contributed by atoms with Crippen molar-refractivity contribution < 1.29 is 50.8 Å². The Bertz CT molecular complexity index is 802. The first-order valence-electron chi connectivity index (χ1n) is 7.61. The lowest BCUT2D eigenvalue weighted by Crippen LogP contribution is -2.60. The van der Waals surface area contributed by atoms with Gasteiger partial charge in [-0.2, -0.15) is 26.3 Å². The lowest BCUT2D eigenvalue weighted by atomic mass is 9.93. The van der Waals surface area contributed by atoms with E-state index in [0.717, 1.165) is 12.1 Å². The summed E-state index contributed by atoms with van der Waals surface area (Å²) in [5.41, 5.74) is -8.63. The molecule has 0 fully saturated rings. The van der Waals surface area contributed by atoms with Crippen molar-refractivity contribution in [3.05, 3.63) is 41.7 Å². The predicted molar refractivity (Wildman–Crippen MR) is 81.6 cm³/mol. The van der Waals surface area contributed by atoms with E-state index in [4.69, 9.17) is 4.74 Å². The number of para-hydroxylation sites is 1. The molecule has 1 aliphatic rings. The molecule has 2 unspecified atom stereocenters. The van der Waals surface area contributed by atoms with Crippen LogP contribution in [0.25, 0.3) is 0 Å². The lowest BCUT2D eigenvalue weighted by Gasteiger charge is -2.37. The zero-order chi connectivity index (χ0) is 21.3. The van der Waals surface area contributed by atoms with Crippen LogP contribution in [0.5, 0.6) is 5.75 Å². The van der Waals surface area contributed by atoms with Gasteiger partial charge in [-0.3, -0.25) is 0 Å². The van der Waals surface area contributed by atoms with Gasteiger partial charge in [-0.15, -0.1) is 0 Å². The standard InChI is InChI=1S/C16H13F6NO5/c1-2-27-13(25)9-10(24)12(28-8-6-4-3-5-7-8)14(26,16(20,21)22)23-11(9)15(17,18)19/h3-7,12,24,26H,2H2,1H3. The second-order valence-corrected chi connectivity index (χ2v) is 5.47. The molecule has 1 aliphatic heterocycles. The van der Waals surface area contributed by atoms with Gasteiger partial charge in [0, 0.05) is 0 Å². The van der Waals surface area contributed by atoms with Crippen LogP contribution in [0.2, 0.25) is 0 Å². The molecule has 0 aromatic heterocycles. The summed E-state index contributed by atoms with van der Waals surface area (Å²) in [5.74, 6) is -3.93. The van der Waals surface area contributed by atoms with E-state index >= 15 is 0 Å². The van der Waals surface area contributed by atoms with Crippen molar-refractivity contribution in [3.8, 4) is 5.75 Å². The first kappa shape index (κ1) is 21.5. The van der Waals surface area contributed by atoms with E-state index in [1.165, 1.54) is 25.1 Å². The number of alkyl halides is 6. The summed E-state index contributed by atoms with van der Waals surface area (Å²) in [5, 5.41) is 20.1. The van der Waals surface area contributed by atoms with Crippen LogP contribution in [0.1, 0.15) is 6.92 Å². The summed E-state index contributed by atoms with van der Waals surface area (Å²) in [6.45, 7) is 0.793. The number of aliphatic hydroxyl groups is 2. The predicted octanol–water partition coefficient (Wildman–Crippen LogP) is 3.08. The maximum Gasteiger partial charge on any atom is 0.442 e. The molecule has 0 bridgehead atoms. The maximum atomic E-state index is 13.4. The van der Waals surface area contributed by atoms with Gasteiger partial charge in [-0.25, -0.2) is 9.79 Å². The van der Waals surface area contributed by atoms with Crippen LogP contribution < -0.4 is 4.74 Å². The highest BCUT2D eigenvalue weighted by atomic mass is 19.4. The van der Waals surface area contributed by atoms with E-state index in [1.54, 1.807) is 0 Å². The Kier molecular flexibility index (Phi) is 5.64. The Hall–Kier alpha value is -2.76. The number of nitrogens with zero attached hydrogens (tertiary/aromatic N) is 1. The Morgan fingerprint density at radius 3 is 2.21 bits per heavy atom. The van der Waals surface area contributed by atoms with Crippen molar-refractivity contribution in [1.82, 2.24) is 0 Å². The smallest absolute Gasteiger partial charge is 0.442 e. The molecule has 0 aliphatic carbocycles. The topological polar surface area (TPSA) is 88.4 Å². The summed E-state index contributed by atoms with van der Waals surface area (Å²) >= 11 is 0. The van der Waals surface area contributed by atoms with Gasteiger partial charge in [0.25, 0.3) is 5.72 Å². The number of carbonyl (C=O) groups excluding carboxylic acids is 1. The van der Waals surface area contributed by atoms with Crippen molar-refractivity contribution in [1.29, 1.82) is 0 Å². The first-order chi connectivity index (χ1) is 12.8. The molecule has 0 spiro atoms. The van der Waals surface area contributed by atoms with Crippen LogP contribution in [0.4, 0.5) is 26.3 Å². The first-order valence-corrected chi connectivity index (χ1v) is 7.61. The van der Waals surface area contributed by atoms with Crippen molar-refractivity contribution in [2.45, 2.75) is 31.1 Å². The summed E-state index contributed by atoms with van der Waals surface area (Å²) in [6.07, 6.45) is -14.3. The summed E-state index contributed by atoms with van der Waals surface area (Å²) in [6, 6.07) is 6.35. The Balaban J connectivity index is 2.71. The van der Waals surface area contributed by atoms with E-state index in [0.29, 0.717) is 0 Å². The molecule has 0 amide bonds. The molecular formula is C16H13F6NO5. The number of carbonyl (C=O) groups is 1. The molecule has 2 rings (SSSR count). The molecule has 154 valence electrons. The van der Waals surface area contributed by atoms with Gasteiger partial charge in [0.1, 0.15) is 11.3 Å². The molecule has 2 atom stereocenters. The van der Waals surface area contributed by atoms with Crippen LogP contribution >= 0.6 is 0 Å². The monoisotopic (exact) mass is 413 g/mol. The zero-order valence-electron chi connectivity index (χ0n) is 14.0. The van der Waals surface area contributed by atoms with Crippen molar-refractivity contribution >= 4 is 11.7 Å². The normalized spacial score (nSPS) is 23.3. The molecule has 1 aromatic carbocycles. The van der Waals surface area contributed by atoms with Gasteiger partial charge in [0.2, 0.25) is 6.10 Å². The number of benzene rings is 1. The van der Waals surface area contributed by atoms with Crippen LogP contribution in [0.15, 0.2) is 46.7 Å². The molecule has 12 heteroatoms. The second-order valence-electron chi connectivity index (χ2n) is 5.47. The van der Waals surface area contributed by atoms with E-state index < -0.39 is 53.8 Å². The number of hydrogen-bond acceptors (Lipinski definition) is 6. The third-order valence-electron chi connectivity index (χ3n) is 3.55. The fourth-order valence-electron chi connectivity index (χ4n) is 2.32. The number of hydrogen-bond donors (Lipinski definition) is 2. The Morgan fingerprint density at radius 1 is 1.18 bits per heavy atom. The van der Waals surface area contributed by atoms with E-state index in [2.05, 4.69) is 9.73 Å². The number of aliphatic hydroxyl groups excluding tert-OH is 1. The number of esters is 1. The molecule has 1 heterocycles. The maximum absolute atomic E-state index is 13.4. The number of rotatable bonds is 4. The summed E-state index contributed by atoms with van der Waals surface area (Å²) in [7, 11) is 0. The SMILES string of the molecule is CCOC(=O)C1=C(O)C(Oc2ccccc2)C(O)(C(F)(F)F)N=C1C(F)(F)F. The van der Waals surface area contributed by atoms with Gasteiger partial charge in [-0.05, 0) is 19.1 Å². The average Bonchev–Trinajstić information content (AvgIpc) is 2.57. The Morgan fingerprint density at radius 2 is 1.75 bits per heavy atom. The number of ether oxygens (including phenoxy) is 2. The highest BCUT2D eigenvalue weighted by Gasteiger charge is 2.67. The molecule has 0 radical (unpaired) electrons. The van der Waals surface area contributed by atoms with E-state index in [-0.39, 0.29) is 5.75 Å². The number of halogens is 6. The molecule has 28 heavy (non-hydrogen) atoms. The van der Waals surface area contributed by atoms with E-state index in [1.807, 2.05) is 0 Å². The largest absolute Gasteiger partial charge is 0.507 e. The Labute approximate surface area is 153 Å². The van der Waals surface area contributed by atoms with Crippen molar-refractivity contribution in [3.63, 3.8) is 0 Å². The minimum Gasteiger partial charge on any atom is -0.507 e. The molecule has 2 N–H and O–H groups in total. The van der Waals surface area contributed by atoms with Crippen LogP contribution in [-0.4, -0.2) is 52.7 Å². The zero-order valence-corrected chi connectivity index (χ0v) is 14.0. The number of aliphatic imine (C=N–C) groups is 1. The minimum absolute atomic E-state index is 0.337. The second kappa shape index (κ2) is 7.34. The van der Waals surface area contributed by atoms with Gasteiger partial charge in [0.05, 0.1) is 6.61 Å². The molecule has 0 saturated heterocycles. The van der Waals surface area contributed by atoms with E-state index in [9.17, 15) is 41.4 Å². The molecular weight excluding hydrogens is 400 g/mol. The average molecular weight is 413 g/mol. The highest BCUT2D eigenvalue weighted by Crippen LogP contribution is 2.44. The highest BCUT2D eigenvalue weighted by molar-refractivity contribution is 6.23. The van der Waals surface area contributed by atoms with Gasteiger partial charge < -0.3 is 19.7 Å². The van der Waals surface area contributed by atoms with Crippen LogP contribution in [0.3, 0.4) is 0 Å². The fourth-order valence-corrected chi connectivity index (χ4v) is 2.32. The van der Waals surface area contributed by atoms with Gasteiger partial charge in [-0.1, -0.05) is 18.2 Å². The fraction of sp³-hybridized carbons (Fsp3) is 0.375. The minimum atomic E-state index is -5.79. The van der Waals surface area contributed by atoms with Crippen molar-refractivity contribution in [2.75, 3.05) is 6.61 Å². The molecule has 1 aromatic rings. The quantitative estimate of drug-likeness (QED) is 0.585. The number of dihydropyridines is 1. The van der Waals surface area contributed by atoms with Crippen LogP contribution in [0, 0.1) is 0 Å². The van der Waals surface area contributed by atoms with Gasteiger partial charge in [0.15, 0.2) is 11.5 Å². The van der Waals surface area contributed by atoms with Crippen LogP contribution in [-0.2, 0) is 9.53 Å². The molecule has 0 saturated carbocycles. The molecule has 6 nitrogen and oxygen atoms in total. The summed E-state index contributed by atoms with van der Waals surface area (Å²) in [4.78, 5) is 14.2. The third-order valence-corrected chi connectivity index (χ3v) is 3.55. The van der Waals surface area contributed by atoms with Crippen molar-refractivity contribution in [2.24, 2.45) is 4.99 Å².